The molecule has 0 aliphatic heterocycles. The summed E-state index contributed by atoms with van der Waals surface area (Å²) < 4.78 is 26.3. The normalized spacial score (nSPS) is 29.4. The summed E-state index contributed by atoms with van der Waals surface area (Å²) in [5.74, 6) is 0.359. The topological polar surface area (TPSA) is 43.4 Å². The standard InChI is InChI=1S/C8H14O3S/c1-3-4-7-5-6-8(7)11-12(2,9)10/h3,7-8H,1,4-6H2,2H3/t7?,8-/m0/s1. The Labute approximate surface area is 73.5 Å². The molecule has 0 bridgehead atoms. The summed E-state index contributed by atoms with van der Waals surface area (Å²) in [5.41, 5.74) is 0. The second kappa shape index (κ2) is 3.58. The number of hydrogen-bond donors (Lipinski definition) is 0. The van der Waals surface area contributed by atoms with Crippen molar-refractivity contribution < 1.29 is 12.6 Å². The third-order valence-electron chi connectivity index (χ3n) is 2.12. The van der Waals surface area contributed by atoms with Gasteiger partial charge in [-0.1, -0.05) is 6.08 Å². The third-order valence-corrected chi connectivity index (χ3v) is 2.71. The van der Waals surface area contributed by atoms with Gasteiger partial charge in [-0.3, -0.25) is 4.18 Å². The lowest BCUT2D eigenvalue weighted by Gasteiger charge is -2.34. The first-order valence-electron chi connectivity index (χ1n) is 4.02. The molecule has 1 rings (SSSR count). The molecule has 1 aliphatic rings. The van der Waals surface area contributed by atoms with E-state index in [-0.39, 0.29) is 6.10 Å². The van der Waals surface area contributed by atoms with Crippen LogP contribution in [0.4, 0.5) is 0 Å². The van der Waals surface area contributed by atoms with Gasteiger partial charge in [0.25, 0.3) is 10.1 Å². The van der Waals surface area contributed by atoms with Gasteiger partial charge in [0.1, 0.15) is 0 Å². The smallest absolute Gasteiger partial charge is 0.264 e. The molecule has 0 N–H and O–H groups in total. The first kappa shape index (κ1) is 9.74. The molecular weight excluding hydrogens is 176 g/mol. The van der Waals surface area contributed by atoms with Gasteiger partial charge in [0.05, 0.1) is 12.4 Å². The summed E-state index contributed by atoms with van der Waals surface area (Å²) >= 11 is 0. The summed E-state index contributed by atoms with van der Waals surface area (Å²) in [5, 5.41) is 0. The van der Waals surface area contributed by atoms with Crippen LogP contribution < -0.4 is 0 Å². The van der Waals surface area contributed by atoms with Crippen molar-refractivity contribution in [2.75, 3.05) is 6.26 Å². The largest absolute Gasteiger partial charge is 0.267 e. The van der Waals surface area contributed by atoms with Crippen molar-refractivity contribution in [2.24, 2.45) is 5.92 Å². The van der Waals surface area contributed by atoms with E-state index in [0.717, 1.165) is 25.5 Å². The zero-order valence-electron chi connectivity index (χ0n) is 7.19. The fourth-order valence-electron chi connectivity index (χ4n) is 1.37. The molecule has 0 aromatic carbocycles. The minimum Gasteiger partial charge on any atom is -0.267 e. The SMILES string of the molecule is C=CCC1CC[C@@H]1OS(C)(=O)=O. The number of hydrogen-bond acceptors (Lipinski definition) is 3. The molecule has 70 valence electrons. The van der Waals surface area contributed by atoms with E-state index in [2.05, 4.69) is 6.58 Å². The Morgan fingerprint density at radius 1 is 1.58 bits per heavy atom. The van der Waals surface area contributed by atoms with Gasteiger partial charge in [-0.05, 0) is 25.2 Å². The second-order valence-corrected chi connectivity index (χ2v) is 4.80. The van der Waals surface area contributed by atoms with Crippen molar-refractivity contribution in [1.29, 1.82) is 0 Å². The molecule has 0 amide bonds. The molecule has 0 aromatic rings. The highest BCUT2D eigenvalue weighted by Gasteiger charge is 2.33. The lowest BCUT2D eigenvalue weighted by Crippen LogP contribution is -2.35. The Morgan fingerprint density at radius 3 is 2.58 bits per heavy atom. The van der Waals surface area contributed by atoms with E-state index in [1.165, 1.54) is 0 Å². The maximum absolute atomic E-state index is 10.7. The van der Waals surface area contributed by atoms with E-state index < -0.39 is 10.1 Å². The highest BCUT2D eigenvalue weighted by Crippen LogP contribution is 2.33. The molecule has 1 saturated carbocycles. The molecule has 0 spiro atoms. The number of allylic oxidation sites excluding steroid dienone is 1. The van der Waals surface area contributed by atoms with Crippen molar-refractivity contribution in [3.05, 3.63) is 12.7 Å². The maximum Gasteiger partial charge on any atom is 0.264 e. The fraction of sp³-hybridized carbons (Fsp3) is 0.750. The summed E-state index contributed by atoms with van der Waals surface area (Å²) in [4.78, 5) is 0. The molecule has 0 saturated heterocycles. The minimum atomic E-state index is -3.27. The van der Waals surface area contributed by atoms with Gasteiger partial charge >= 0.3 is 0 Å². The lowest BCUT2D eigenvalue weighted by atomic mass is 9.80. The first-order chi connectivity index (χ1) is 5.53. The summed E-state index contributed by atoms with van der Waals surface area (Å²) in [6.07, 6.45) is 5.55. The van der Waals surface area contributed by atoms with E-state index >= 15 is 0 Å². The van der Waals surface area contributed by atoms with Crippen LogP contribution in [0.3, 0.4) is 0 Å². The average Bonchev–Trinajstić information content (AvgIpc) is 1.92. The molecule has 4 heteroatoms. The summed E-state index contributed by atoms with van der Waals surface area (Å²) in [6.45, 7) is 3.61. The van der Waals surface area contributed by atoms with Gasteiger partial charge in [-0.2, -0.15) is 8.42 Å². The monoisotopic (exact) mass is 190 g/mol. The quantitative estimate of drug-likeness (QED) is 0.496. The Balaban J connectivity index is 2.40. The van der Waals surface area contributed by atoms with Gasteiger partial charge in [-0.25, -0.2) is 0 Å². The van der Waals surface area contributed by atoms with E-state index in [0.29, 0.717) is 5.92 Å². The van der Waals surface area contributed by atoms with Crippen LogP contribution in [0.25, 0.3) is 0 Å². The van der Waals surface area contributed by atoms with Crippen molar-refractivity contribution in [1.82, 2.24) is 0 Å². The molecular formula is C8H14O3S. The molecule has 1 unspecified atom stereocenters. The van der Waals surface area contributed by atoms with Crippen molar-refractivity contribution in [3.8, 4) is 0 Å². The van der Waals surface area contributed by atoms with E-state index in [1.807, 2.05) is 6.08 Å². The van der Waals surface area contributed by atoms with Crippen LogP contribution in [0.1, 0.15) is 19.3 Å². The lowest BCUT2D eigenvalue weighted by molar-refractivity contribution is 0.0553. The minimum absolute atomic E-state index is 0.0991. The van der Waals surface area contributed by atoms with Crippen LogP contribution in [0.2, 0.25) is 0 Å². The predicted octanol–water partition coefficient (Wildman–Crippen LogP) is 1.32. The van der Waals surface area contributed by atoms with E-state index in [9.17, 15) is 8.42 Å². The molecule has 0 radical (unpaired) electrons. The second-order valence-electron chi connectivity index (χ2n) is 3.20. The van der Waals surface area contributed by atoms with Crippen molar-refractivity contribution in [3.63, 3.8) is 0 Å². The summed E-state index contributed by atoms with van der Waals surface area (Å²) in [7, 11) is -3.27. The molecule has 3 nitrogen and oxygen atoms in total. The molecule has 1 aliphatic carbocycles. The van der Waals surface area contributed by atoms with Gasteiger partial charge in [-0.15, -0.1) is 6.58 Å². The highest BCUT2D eigenvalue weighted by molar-refractivity contribution is 7.86. The maximum atomic E-state index is 10.7. The van der Waals surface area contributed by atoms with Crippen molar-refractivity contribution >= 4 is 10.1 Å². The van der Waals surface area contributed by atoms with E-state index in [1.54, 1.807) is 0 Å². The zero-order chi connectivity index (χ0) is 9.19. The fourth-order valence-corrected chi connectivity index (χ4v) is 2.08. The molecule has 2 atom stereocenters. The van der Waals surface area contributed by atoms with Gasteiger partial charge in [0, 0.05) is 0 Å². The van der Waals surface area contributed by atoms with Gasteiger partial charge in [0.2, 0.25) is 0 Å². The highest BCUT2D eigenvalue weighted by atomic mass is 32.2. The van der Waals surface area contributed by atoms with Crippen LogP contribution in [0, 0.1) is 5.92 Å². The van der Waals surface area contributed by atoms with Crippen LogP contribution in [-0.4, -0.2) is 20.8 Å². The van der Waals surface area contributed by atoms with E-state index in [4.69, 9.17) is 4.18 Å². The predicted molar refractivity (Wildman–Crippen MR) is 47.3 cm³/mol. The number of rotatable bonds is 4. The van der Waals surface area contributed by atoms with Crippen LogP contribution in [-0.2, 0) is 14.3 Å². The molecule has 12 heavy (non-hydrogen) atoms. The Morgan fingerprint density at radius 2 is 2.25 bits per heavy atom. The Bertz CT molecular complexity index is 255. The Hall–Kier alpha value is -0.350. The first-order valence-corrected chi connectivity index (χ1v) is 5.84. The van der Waals surface area contributed by atoms with Crippen molar-refractivity contribution in [2.45, 2.75) is 25.4 Å². The molecule has 0 heterocycles. The average molecular weight is 190 g/mol. The summed E-state index contributed by atoms with van der Waals surface area (Å²) in [6, 6.07) is 0. The van der Waals surface area contributed by atoms with Crippen LogP contribution >= 0.6 is 0 Å². The van der Waals surface area contributed by atoms with Crippen LogP contribution in [0.15, 0.2) is 12.7 Å². The molecule has 0 aromatic heterocycles. The van der Waals surface area contributed by atoms with Gasteiger partial charge in [0.15, 0.2) is 0 Å². The third kappa shape index (κ3) is 2.60. The molecule has 1 fully saturated rings. The zero-order valence-corrected chi connectivity index (χ0v) is 8.01. The van der Waals surface area contributed by atoms with Gasteiger partial charge < -0.3 is 0 Å². The van der Waals surface area contributed by atoms with Crippen LogP contribution in [0.5, 0.6) is 0 Å². The Kier molecular flexibility index (Phi) is 2.90.